The summed E-state index contributed by atoms with van der Waals surface area (Å²) in [5.41, 5.74) is 4.76. The Morgan fingerprint density at radius 2 is 1.54 bits per heavy atom. The molecule has 0 radical (unpaired) electrons. The van der Waals surface area contributed by atoms with Gasteiger partial charge in [0.15, 0.2) is 0 Å². The van der Waals surface area contributed by atoms with Gasteiger partial charge >= 0.3 is 12.1 Å². The summed E-state index contributed by atoms with van der Waals surface area (Å²) in [5, 5.41) is 14.9. The van der Waals surface area contributed by atoms with E-state index in [1.807, 2.05) is 24.3 Å². The molecule has 0 saturated heterocycles. The number of hydrogen-bond donors (Lipinski definition) is 3. The quantitative estimate of drug-likeness (QED) is 0.474. The summed E-state index contributed by atoms with van der Waals surface area (Å²) in [4.78, 5) is 36.0. The van der Waals surface area contributed by atoms with Gasteiger partial charge in [0.25, 0.3) is 0 Å². The lowest BCUT2D eigenvalue weighted by Crippen LogP contribution is -2.43. The van der Waals surface area contributed by atoms with Crippen LogP contribution in [0.15, 0.2) is 48.5 Å². The first-order chi connectivity index (χ1) is 17.0. The van der Waals surface area contributed by atoms with E-state index in [1.54, 1.807) is 0 Å². The van der Waals surface area contributed by atoms with Gasteiger partial charge in [-0.05, 0) is 59.3 Å². The van der Waals surface area contributed by atoms with Crippen LogP contribution < -0.4 is 10.6 Å². The van der Waals surface area contributed by atoms with E-state index in [1.165, 1.54) is 22.3 Å². The lowest BCUT2D eigenvalue weighted by atomic mass is 9.73. The maximum absolute atomic E-state index is 12.4. The Labute approximate surface area is 205 Å². The van der Waals surface area contributed by atoms with E-state index < -0.39 is 18.1 Å². The zero-order valence-electron chi connectivity index (χ0n) is 19.7. The fourth-order valence-corrected chi connectivity index (χ4v) is 5.51. The molecule has 1 unspecified atom stereocenters. The Bertz CT molecular complexity index is 1060. The van der Waals surface area contributed by atoms with Gasteiger partial charge in [0.2, 0.25) is 5.91 Å². The molecule has 1 atom stereocenters. The molecule has 184 valence electrons. The number of fused-ring (bicyclic) bond motifs is 3. The minimum Gasteiger partial charge on any atom is -0.480 e. The second-order valence-electron chi connectivity index (χ2n) is 10.3. The molecule has 2 aromatic carbocycles. The Morgan fingerprint density at radius 3 is 2.14 bits per heavy atom. The molecule has 2 aromatic rings. The van der Waals surface area contributed by atoms with Crippen LogP contribution in [0.3, 0.4) is 0 Å². The maximum Gasteiger partial charge on any atom is 0.407 e. The number of carbonyl (C=O) groups is 3. The monoisotopic (exact) mass is 476 g/mol. The van der Waals surface area contributed by atoms with Gasteiger partial charge in [0.05, 0.1) is 0 Å². The highest BCUT2D eigenvalue weighted by atomic mass is 16.5. The third kappa shape index (κ3) is 5.50. The number of carboxylic acid groups (broad SMARTS) is 1. The molecule has 3 N–H and O–H groups in total. The zero-order valence-corrected chi connectivity index (χ0v) is 19.7. The molecule has 2 amide bonds. The van der Waals surface area contributed by atoms with E-state index in [0.29, 0.717) is 37.8 Å². The molecule has 35 heavy (non-hydrogen) atoms. The van der Waals surface area contributed by atoms with Gasteiger partial charge in [-0.2, -0.15) is 0 Å². The fourth-order valence-electron chi connectivity index (χ4n) is 5.51. The topological polar surface area (TPSA) is 105 Å². The van der Waals surface area contributed by atoms with Crippen molar-refractivity contribution in [2.45, 2.75) is 50.5 Å². The minimum atomic E-state index is -0.955. The van der Waals surface area contributed by atoms with Crippen molar-refractivity contribution in [3.8, 4) is 11.1 Å². The second kappa shape index (κ2) is 10.1. The van der Waals surface area contributed by atoms with E-state index in [-0.39, 0.29) is 17.7 Å². The first-order valence-electron chi connectivity index (χ1n) is 12.6. The van der Waals surface area contributed by atoms with Crippen molar-refractivity contribution in [3.63, 3.8) is 0 Å². The molecule has 0 aliphatic heterocycles. The second-order valence-corrected chi connectivity index (χ2v) is 10.3. The molecule has 0 heterocycles. The molecule has 3 aliphatic carbocycles. The average Bonchev–Trinajstić information content (AvgIpc) is 3.59. The molecule has 0 spiro atoms. The number of alkyl carbamates (subject to hydrolysis) is 1. The summed E-state index contributed by atoms with van der Waals surface area (Å²) in [5.74, 6) is -0.118. The highest BCUT2D eigenvalue weighted by Gasteiger charge is 2.34. The number of nitrogens with one attached hydrogen (secondary N) is 2. The lowest BCUT2D eigenvalue weighted by Gasteiger charge is -2.35. The number of amides is 2. The van der Waals surface area contributed by atoms with Gasteiger partial charge < -0.3 is 20.5 Å². The smallest absolute Gasteiger partial charge is 0.407 e. The molecule has 0 aromatic heterocycles. The highest BCUT2D eigenvalue weighted by molar-refractivity contribution is 5.83. The molecular weight excluding hydrogens is 444 g/mol. The predicted octanol–water partition coefficient (Wildman–Crippen LogP) is 4.31. The van der Waals surface area contributed by atoms with Gasteiger partial charge in [0.1, 0.15) is 12.6 Å². The fraction of sp³-hybridized carbons (Fsp3) is 0.464. The summed E-state index contributed by atoms with van der Waals surface area (Å²) in [6.45, 7) is 0.813. The first kappa shape index (κ1) is 23.4. The minimum absolute atomic E-state index is 0.0364. The van der Waals surface area contributed by atoms with Gasteiger partial charge in [-0.25, -0.2) is 9.59 Å². The number of carboxylic acids is 1. The predicted molar refractivity (Wildman–Crippen MR) is 131 cm³/mol. The largest absolute Gasteiger partial charge is 0.480 e. The zero-order chi connectivity index (χ0) is 24.4. The number of rotatable bonds is 10. The van der Waals surface area contributed by atoms with Crippen molar-refractivity contribution in [3.05, 3.63) is 59.7 Å². The Hall–Kier alpha value is -3.35. The third-order valence-corrected chi connectivity index (χ3v) is 7.59. The number of ether oxygens (including phenoxy) is 1. The van der Waals surface area contributed by atoms with Crippen LogP contribution in [0.25, 0.3) is 11.1 Å². The van der Waals surface area contributed by atoms with Crippen LogP contribution in [0.2, 0.25) is 0 Å². The SMILES string of the molecule is O=C(CC1CC(CNC(=O)OCC2c3ccccc3-c3ccccc32)C1)NC(CC1CC1)C(=O)O. The summed E-state index contributed by atoms with van der Waals surface area (Å²) in [6.07, 6.45) is 4.25. The molecule has 7 heteroatoms. The van der Waals surface area contributed by atoms with Gasteiger partial charge in [-0.1, -0.05) is 61.4 Å². The molecule has 3 aliphatic rings. The van der Waals surface area contributed by atoms with Crippen LogP contribution >= 0.6 is 0 Å². The summed E-state index contributed by atoms with van der Waals surface area (Å²) in [7, 11) is 0. The molecule has 2 fully saturated rings. The third-order valence-electron chi connectivity index (χ3n) is 7.59. The van der Waals surface area contributed by atoms with Crippen LogP contribution in [0.1, 0.15) is 55.6 Å². The van der Waals surface area contributed by atoms with E-state index in [2.05, 4.69) is 34.9 Å². The number of benzene rings is 2. The standard InChI is InChI=1S/C28H32N2O5/c31-26(30-25(27(32)33)13-17-9-10-17)14-18-11-19(12-18)15-29-28(34)35-16-24-22-7-3-1-5-20(22)21-6-2-4-8-23(21)24/h1-8,17-19,24-25H,9-16H2,(H,29,34)(H,30,31)(H,32,33). The van der Waals surface area contributed by atoms with E-state index >= 15 is 0 Å². The number of carbonyl (C=O) groups excluding carboxylic acids is 2. The summed E-state index contributed by atoms with van der Waals surface area (Å²) in [6, 6.07) is 15.7. The molecule has 7 nitrogen and oxygen atoms in total. The summed E-state index contributed by atoms with van der Waals surface area (Å²) < 4.78 is 5.58. The van der Waals surface area contributed by atoms with Gasteiger partial charge in [-0.15, -0.1) is 0 Å². The van der Waals surface area contributed by atoms with E-state index in [9.17, 15) is 19.5 Å². The van der Waals surface area contributed by atoms with Crippen LogP contribution in [0.4, 0.5) is 4.79 Å². The Morgan fingerprint density at radius 1 is 0.914 bits per heavy atom. The molecule has 5 rings (SSSR count). The van der Waals surface area contributed by atoms with Gasteiger partial charge in [0, 0.05) is 18.9 Å². The van der Waals surface area contributed by atoms with Crippen LogP contribution in [-0.4, -0.2) is 42.3 Å². The van der Waals surface area contributed by atoms with E-state index in [4.69, 9.17) is 4.74 Å². The van der Waals surface area contributed by atoms with Crippen LogP contribution in [-0.2, 0) is 14.3 Å². The normalized spacial score (nSPS) is 21.3. The van der Waals surface area contributed by atoms with E-state index in [0.717, 1.165) is 25.7 Å². The molecular formula is C28H32N2O5. The van der Waals surface area contributed by atoms with Crippen molar-refractivity contribution < 1.29 is 24.2 Å². The summed E-state index contributed by atoms with van der Waals surface area (Å²) >= 11 is 0. The molecule has 0 bridgehead atoms. The first-order valence-corrected chi connectivity index (χ1v) is 12.6. The number of aliphatic carboxylic acids is 1. The van der Waals surface area contributed by atoms with Gasteiger partial charge in [-0.3, -0.25) is 4.79 Å². The Kier molecular flexibility index (Phi) is 6.75. The van der Waals surface area contributed by atoms with Crippen molar-refractivity contribution in [1.29, 1.82) is 0 Å². The lowest BCUT2D eigenvalue weighted by molar-refractivity contribution is -0.142. The van der Waals surface area contributed by atoms with Crippen molar-refractivity contribution >= 4 is 18.0 Å². The van der Waals surface area contributed by atoms with Crippen molar-refractivity contribution in [1.82, 2.24) is 10.6 Å². The van der Waals surface area contributed by atoms with Crippen LogP contribution in [0, 0.1) is 17.8 Å². The van der Waals surface area contributed by atoms with Crippen LogP contribution in [0.5, 0.6) is 0 Å². The highest BCUT2D eigenvalue weighted by Crippen LogP contribution is 2.44. The Balaban J connectivity index is 1.02. The number of hydrogen-bond acceptors (Lipinski definition) is 4. The van der Waals surface area contributed by atoms with Crippen molar-refractivity contribution in [2.24, 2.45) is 17.8 Å². The average molecular weight is 477 g/mol. The maximum atomic E-state index is 12.4. The molecule has 2 saturated carbocycles. The van der Waals surface area contributed by atoms with Crippen molar-refractivity contribution in [2.75, 3.05) is 13.2 Å².